The van der Waals surface area contributed by atoms with Crippen LogP contribution in [0.15, 0.2) is 24.3 Å². The Morgan fingerprint density at radius 1 is 1.36 bits per heavy atom. The van der Waals surface area contributed by atoms with Crippen molar-refractivity contribution in [2.45, 2.75) is 6.92 Å². The summed E-state index contributed by atoms with van der Waals surface area (Å²) in [6.07, 6.45) is 0. The maximum Gasteiger partial charge on any atom is 0.335 e. The van der Waals surface area contributed by atoms with Crippen LogP contribution in [0, 0.1) is 6.92 Å². The van der Waals surface area contributed by atoms with Crippen LogP contribution in [0.1, 0.15) is 15.9 Å². The fourth-order valence-corrected chi connectivity index (χ4v) is 0.813. The van der Waals surface area contributed by atoms with Gasteiger partial charge in [0.2, 0.25) is 0 Å². The molecule has 1 aromatic carbocycles. The van der Waals surface area contributed by atoms with E-state index in [9.17, 15) is 4.79 Å². The van der Waals surface area contributed by atoms with Crippen molar-refractivity contribution in [1.82, 2.24) is 0 Å². The molecular weight excluding hydrogens is 151 g/mol. The van der Waals surface area contributed by atoms with Crippen molar-refractivity contribution in [3.63, 3.8) is 0 Å². The monoisotopic (exact) mass is 159 g/mol. The molecule has 0 saturated carbocycles. The molecule has 0 aliphatic rings. The third-order valence-electron chi connectivity index (χ3n) is 1.38. The number of rotatable bonds is 1. The molecule has 0 aliphatic heterocycles. The van der Waals surface area contributed by atoms with E-state index in [0.29, 0.717) is 5.56 Å². The quantitative estimate of drug-likeness (QED) is 0.627. The van der Waals surface area contributed by atoms with Gasteiger partial charge in [0, 0.05) is 29.6 Å². The van der Waals surface area contributed by atoms with Crippen LogP contribution in [0.25, 0.3) is 0 Å². The molecule has 3 heteroatoms. The van der Waals surface area contributed by atoms with Gasteiger partial charge in [-0.2, -0.15) is 0 Å². The smallest absolute Gasteiger partial charge is 0.335 e. The molecule has 0 unspecified atom stereocenters. The van der Waals surface area contributed by atoms with Crippen LogP contribution in [0.3, 0.4) is 0 Å². The molecule has 11 heavy (non-hydrogen) atoms. The van der Waals surface area contributed by atoms with E-state index in [1.807, 2.05) is 6.07 Å². The zero-order chi connectivity index (χ0) is 7.56. The molecular formula is C8H8NaO2. The van der Waals surface area contributed by atoms with E-state index in [2.05, 4.69) is 0 Å². The van der Waals surface area contributed by atoms with E-state index >= 15 is 0 Å². The van der Waals surface area contributed by atoms with Crippen molar-refractivity contribution in [2.24, 2.45) is 0 Å². The van der Waals surface area contributed by atoms with Gasteiger partial charge in [-0.3, -0.25) is 0 Å². The van der Waals surface area contributed by atoms with E-state index in [4.69, 9.17) is 5.11 Å². The third-order valence-corrected chi connectivity index (χ3v) is 1.38. The average molecular weight is 159 g/mol. The van der Waals surface area contributed by atoms with Gasteiger partial charge < -0.3 is 5.11 Å². The van der Waals surface area contributed by atoms with Gasteiger partial charge in [0.25, 0.3) is 0 Å². The number of hydrogen-bond donors (Lipinski definition) is 1. The predicted molar refractivity (Wildman–Crippen MR) is 43.9 cm³/mol. The molecule has 0 bridgehead atoms. The van der Waals surface area contributed by atoms with Gasteiger partial charge in [0.05, 0.1) is 5.56 Å². The Morgan fingerprint density at radius 3 is 2.27 bits per heavy atom. The normalized spacial score (nSPS) is 8.45. The Labute approximate surface area is 87.5 Å². The molecule has 0 heterocycles. The fraction of sp³-hybridized carbons (Fsp3) is 0.125. The molecule has 2 nitrogen and oxygen atoms in total. The molecule has 0 aliphatic carbocycles. The first-order valence-electron chi connectivity index (χ1n) is 3.01. The van der Waals surface area contributed by atoms with Crippen LogP contribution >= 0.6 is 0 Å². The standard InChI is InChI=1S/C8H8O2.Na/c1-6-4-2-3-5-7(6)8(9)10;/h2-5H,1H3,(H,9,10);. The first-order valence-corrected chi connectivity index (χ1v) is 3.01. The molecule has 1 aromatic rings. The number of hydrogen-bond acceptors (Lipinski definition) is 1. The first kappa shape index (κ1) is 10.7. The van der Waals surface area contributed by atoms with Gasteiger partial charge in [-0.1, -0.05) is 18.2 Å². The van der Waals surface area contributed by atoms with E-state index in [0.717, 1.165) is 5.56 Å². The zero-order valence-electron chi connectivity index (χ0n) is 6.66. The van der Waals surface area contributed by atoms with Crippen LogP contribution in [0.4, 0.5) is 0 Å². The molecule has 0 aromatic heterocycles. The Balaban J connectivity index is 0.000001000. The second-order valence-corrected chi connectivity index (χ2v) is 2.12. The van der Waals surface area contributed by atoms with E-state index in [1.165, 1.54) is 0 Å². The third kappa shape index (κ3) is 2.66. The van der Waals surface area contributed by atoms with Crippen molar-refractivity contribution >= 4 is 35.5 Å². The topological polar surface area (TPSA) is 37.3 Å². The fourth-order valence-electron chi connectivity index (χ4n) is 0.813. The number of aromatic carboxylic acids is 1. The Morgan fingerprint density at radius 2 is 1.91 bits per heavy atom. The zero-order valence-corrected chi connectivity index (χ0v) is 8.66. The van der Waals surface area contributed by atoms with Crippen LogP contribution in [0.5, 0.6) is 0 Å². The van der Waals surface area contributed by atoms with Gasteiger partial charge in [-0.25, -0.2) is 4.79 Å². The molecule has 0 atom stereocenters. The minimum atomic E-state index is -0.863. The first-order chi connectivity index (χ1) is 4.72. The van der Waals surface area contributed by atoms with Gasteiger partial charge in [-0.05, 0) is 18.6 Å². The molecule has 1 radical (unpaired) electrons. The largest absolute Gasteiger partial charge is 0.478 e. The summed E-state index contributed by atoms with van der Waals surface area (Å²) in [6.45, 7) is 1.78. The van der Waals surface area contributed by atoms with Crippen LogP contribution in [-0.2, 0) is 0 Å². The molecule has 1 N–H and O–H groups in total. The predicted octanol–water partition coefficient (Wildman–Crippen LogP) is 1.31. The Kier molecular flexibility index (Phi) is 4.42. The average Bonchev–Trinajstić information content (AvgIpc) is 1.88. The van der Waals surface area contributed by atoms with Crippen LogP contribution in [-0.4, -0.2) is 40.6 Å². The minimum absolute atomic E-state index is 0. The second kappa shape index (κ2) is 4.54. The van der Waals surface area contributed by atoms with Crippen molar-refractivity contribution < 1.29 is 9.90 Å². The maximum absolute atomic E-state index is 10.4. The minimum Gasteiger partial charge on any atom is -0.478 e. The molecule has 0 amide bonds. The molecule has 53 valence electrons. The van der Waals surface area contributed by atoms with Crippen molar-refractivity contribution in [3.8, 4) is 0 Å². The van der Waals surface area contributed by atoms with Crippen molar-refractivity contribution in [3.05, 3.63) is 35.4 Å². The van der Waals surface area contributed by atoms with Gasteiger partial charge in [0.1, 0.15) is 0 Å². The summed E-state index contributed by atoms with van der Waals surface area (Å²) >= 11 is 0. The summed E-state index contributed by atoms with van der Waals surface area (Å²) in [4.78, 5) is 10.4. The summed E-state index contributed by atoms with van der Waals surface area (Å²) in [5, 5.41) is 8.57. The molecule has 0 saturated heterocycles. The number of carboxylic acid groups (broad SMARTS) is 1. The Bertz CT molecular complexity index is 258. The van der Waals surface area contributed by atoms with Gasteiger partial charge >= 0.3 is 5.97 Å². The summed E-state index contributed by atoms with van der Waals surface area (Å²) in [5.41, 5.74) is 1.18. The summed E-state index contributed by atoms with van der Waals surface area (Å²) in [5.74, 6) is -0.863. The Hall–Kier alpha value is -0.310. The maximum atomic E-state index is 10.4. The van der Waals surface area contributed by atoms with Crippen molar-refractivity contribution in [1.29, 1.82) is 0 Å². The van der Waals surface area contributed by atoms with E-state index in [1.54, 1.807) is 25.1 Å². The van der Waals surface area contributed by atoms with E-state index in [-0.39, 0.29) is 29.6 Å². The number of carboxylic acids is 1. The molecule has 1 rings (SSSR count). The number of carbonyl (C=O) groups is 1. The summed E-state index contributed by atoms with van der Waals surface area (Å²) < 4.78 is 0. The van der Waals surface area contributed by atoms with Crippen LogP contribution < -0.4 is 0 Å². The number of aryl methyl sites for hydroxylation is 1. The van der Waals surface area contributed by atoms with Crippen LogP contribution in [0.2, 0.25) is 0 Å². The summed E-state index contributed by atoms with van der Waals surface area (Å²) in [7, 11) is 0. The van der Waals surface area contributed by atoms with Crippen molar-refractivity contribution in [2.75, 3.05) is 0 Å². The second-order valence-electron chi connectivity index (χ2n) is 2.12. The summed E-state index contributed by atoms with van der Waals surface area (Å²) in [6, 6.07) is 6.92. The van der Waals surface area contributed by atoms with Gasteiger partial charge in [-0.15, -0.1) is 0 Å². The molecule has 0 fully saturated rings. The van der Waals surface area contributed by atoms with Gasteiger partial charge in [0.15, 0.2) is 0 Å². The number of benzene rings is 1. The van der Waals surface area contributed by atoms with E-state index < -0.39 is 5.97 Å². The SMILES string of the molecule is Cc1ccccc1C(=O)O.[Na]. The molecule has 0 spiro atoms.